The van der Waals surface area contributed by atoms with Gasteiger partial charge in [0.15, 0.2) is 5.76 Å². The zero-order valence-electron chi connectivity index (χ0n) is 9.73. The molecule has 1 aromatic heterocycles. The lowest BCUT2D eigenvalue weighted by atomic mass is 10.3. The maximum absolute atomic E-state index is 11.5. The highest BCUT2D eigenvalue weighted by Crippen LogP contribution is 2.07. The maximum atomic E-state index is 11.5. The van der Waals surface area contributed by atoms with Crippen molar-refractivity contribution in [2.24, 2.45) is 0 Å². The molecule has 2 N–H and O–H groups in total. The molecule has 1 rings (SSSR count). The van der Waals surface area contributed by atoms with Crippen LogP contribution in [-0.4, -0.2) is 36.2 Å². The highest BCUT2D eigenvalue weighted by molar-refractivity contribution is 5.93. The summed E-state index contributed by atoms with van der Waals surface area (Å²) >= 11 is 0. The third kappa shape index (κ3) is 3.92. The van der Waals surface area contributed by atoms with Crippen LogP contribution in [-0.2, 0) is 4.74 Å². The van der Waals surface area contributed by atoms with Gasteiger partial charge >= 0.3 is 5.97 Å². The van der Waals surface area contributed by atoms with Crippen LogP contribution in [0.3, 0.4) is 0 Å². The molecule has 0 saturated carbocycles. The average Bonchev–Trinajstić information content (AvgIpc) is 2.75. The molecule has 0 radical (unpaired) electrons. The Balaban J connectivity index is 2.49. The molecule has 0 fully saturated rings. The van der Waals surface area contributed by atoms with E-state index < -0.39 is 11.9 Å². The number of amides is 1. The summed E-state index contributed by atoms with van der Waals surface area (Å²) in [4.78, 5) is 22.1. The zero-order chi connectivity index (χ0) is 12.8. The second-order valence-corrected chi connectivity index (χ2v) is 3.45. The first-order valence-corrected chi connectivity index (χ1v) is 5.27. The average molecular weight is 241 g/mol. The van der Waals surface area contributed by atoms with E-state index in [1.54, 1.807) is 0 Å². The molecule has 0 saturated heterocycles. The lowest BCUT2D eigenvalue weighted by molar-refractivity contribution is 0.0648. The lowest BCUT2D eigenvalue weighted by Crippen LogP contribution is -2.31. The topological polar surface area (TPSA) is 88.8 Å². The Hall–Kier alpha value is -1.82. The molecule has 6 nitrogen and oxygen atoms in total. The van der Waals surface area contributed by atoms with Crippen molar-refractivity contribution in [1.82, 2.24) is 5.32 Å². The van der Waals surface area contributed by atoms with Crippen molar-refractivity contribution in [2.75, 3.05) is 13.2 Å². The predicted molar refractivity (Wildman–Crippen MR) is 59.1 cm³/mol. The third-order valence-electron chi connectivity index (χ3n) is 2.04. The summed E-state index contributed by atoms with van der Waals surface area (Å²) in [6, 6.07) is 2.56. The van der Waals surface area contributed by atoms with Crippen molar-refractivity contribution in [3.05, 3.63) is 23.7 Å². The summed E-state index contributed by atoms with van der Waals surface area (Å²) in [7, 11) is 0. The highest BCUT2D eigenvalue weighted by Gasteiger charge is 2.15. The number of hydrogen-bond donors (Lipinski definition) is 2. The zero-order valence-corrected chi connectivity index (χ0v) is 9.73. The van der Waals surface area contributed by atoms with E-state index in [4.69, 9.17) is 14.3 Å². The molecule has 1 amide bonds. The van der Waals surface area contributed by atoms with Gasteiger partial charge < -0.3 is 19.6 Å². The summed E-state index contributed by atoms with van der Waals surface area (Å²) in [5.74, 6) is -1.94. The van der Waals surface area contributed by atoms with Crippen LogP contribution < -0.4 is 5.32 Å². The normalized spacial score (nSPS) is 12.1. The van der Waals surface area contributed by atoms with Gasteiger partial charge in [0.05, 0.1) is 6.10 Å². The molecule has 94 valence electrons. The molecular weight excluding hydrogens is 226 g/mol. The van der Waals surface area contributed by atoms with Gasteiger partial charge in [0.25, 0.3) is 5.91 Å². The fourth-order valence-electron chi connectivity index (χ4n) is 1.24. The molecule has 1 heterocycles. The number of carboxylic acid groups (broad SMARTS) is 1. The molecule has 1 unspecified atom stereocenters. The Kier molecular flexibility index (Phi) is 4.71. The molecule has 17 heavy (non-hydrogen) atoms. The van der Waals surface area contributed by atoms with E-state index in [1.807, 2.05) is 13.8 Å². The van der Waals surface area contributed by atoms with Crippen LogP contribution in [0.2, 0.25) is 0 Å². The van der Waals surface area contributed by atoms with Gasteiger partial charge in [-0.1, -0.05) is 0 Å². The first-order chi connectivity index (χ1) is 8.04. The van der Waals surface area contributed by atoms with Gasteiger partial charge in [-0.2, -0.15) is 0 Å². The molecule has 0 bridgehead atoms. The Morgan fingerprint density at radius 1 is 1.47 bits per heavy atom. The Morgan fingerprint density at radius 3 is 2.65 bits per heavy atom. The minimum Gasteiger partial charge on any atom is -0.475 e. The molecule has 0 aliphatic rings. The van der Waals surface area contributed by atoms with E-state index in [0.29, 0.717) is 13.2 Å². The van der Waals surface area contributed by atoms with Crippen LogP contribution in [0.25, 0.3) is 0 Å². The van der Waals surface area contributed by atoms with Gasteiger partial charge in [0, 0.05) is 13.2 Å². The SMILES string of the molecule is CCOC(C)CNC(=O)c1ccc(C(=O)O)o1. The first-order valence-electron chi connectivity index (χ1n) is 5.27. The predicted octanol–water partition coefficient (Wildman–Crippen LogP) is 1.13. The van der Waals surface area contributed by atoms with Crippen LogP contribution in [0.4, 0.5) is 0 Å². The number of rotatable bonds is 6. The molecule has 6 heteroatoms. The van der Waals surface area contributed by atoms with E-state index in [1.165, 1.54) is 12.1 Å². The number of ether oxygens (including phenoxy) is 1. The van der Waals surface area contributed by atoms with E-state index in [0.717, 1.165) is 0 Å². The monoisotopic (exact) mass is 241 g/mol. The molecule has 0 spiro atoms. The van der Waals surface area contributed by atoms with Crippen molar-refractivity contribution in [1.29, 1.82) is 0 Å². The number of carbonyl (C=O) groups is 2. The van der Waals surface area contributed by atoms with E-state index in [2.05, 4.69) is 5.32 Å². The fraction of sp³-hybridized carbons (Fsp3) is 0.455. The van der Waals surface area contributed by atoms with Gasteiger partial charge in [-0.25, -0.2) is 4.79 Å². The molecule has 1 aromatic rings. The van der Waals surface area contributed by atoms with E-state index in [9.17, 15) is 9.59 Å². The van der Waals surface area contributed by atoms with Gasteiger partial charge in [0.2, 0.25) is 5.76 Å². The quantitative estimate of drug-likeness (QED) is 0.779. The van der Waals surface area contributed by atoms with Crippen molar-refractivity contribution in [3.63, 3.8) is 0 Å². The van der Waals surface area contributed by atoms with Crippen LogP contribution in [0.15, 0.2) is 16.5 Å². The summed E-state index contributed by atoms with van der Waals surface area (Å²) in [5, 5.41) is 11.2. The maximum Gasteiger partial charge on any atom is 0.371 e. The van der Waals surface area contributed by atoms with Crippen molar-refractivity contribution < 1.29 is 23.8 Å². The Labute approximate surface area is 98.6 Å². The summed E-state index contributed by atoms with van der Waals surface area (Å²) in [6.45, 7) is 4.61. The van der Waals surface area contributed by atoms with Gasteiger partial charge in [-0.3, -0.25) is 4.79 Å². The van der Waals surface area contributed by atoms with Gasteiger partial charge in [0.1, 0.15) is 0 Å². The standard InChI is InChI=1S/C11H15NO5/c1-3-16-7(2)6-12-10(13)8-4-5-9(17-8)11(14)15/h4-5,7H,3,6H2,1-2H3,(H,12,13)(H,14,15). The van der Waals surface area contributed by atoms with Crippen molar-refractivity contribution in [2.45, 2.75) is 20.0 Å². The Morgan fingerprint density at radius 2 is 2.12 bits per heavy atom. The largest absolute Gasteiger partial charge is 0.475 e. The van der Waals surface area contributed by atoms with Crippen LogP contribution in [0.5, 0.6) is 0 Å². The third-order valence-corrected chi connectivity index (χ3v) is 2.04. The smallest absolute Gasteiger partial charge is 0.371 e. The second kappa shape index (κ2) is 6.05. The number of carbonyl (C=O) groups excluding carboxylic acids is 1. The van der Waals surface area contributed by atoms with Crippen molar-refractivity contribution in [3.8, 4) is 0 Å². The van der Waals surface area contributed by atoms with E-state index in [-0.39, 0.29) is 17.6 Å². The van der Waals surface area contributed by atoms with E-state index >= 15 is 0 Å². The number of nitrogens with one attached hydrogen (secondary N) is 1. The second-order valence-electron chi connectivity index (χ2n) is 3.45. The first kappa shape index (κ1) is 13.2. The molecule has 0 aliphatic carbocycles. The number of hydrogen-bond acceptors (Lipinski definition) is 4. The fourth-order valence-corrected chi connectivity index (χ4v) is 1.24. The summed E-state index contributed by atoms with van der Waals surface area (Å²) in [5.41, 5.74) is 0. The summed E-state index contributed by atoms with van der Waals surface area (Å²) in [6.07, 6.45) is -0.0992. The van der Waals surface area contributed by atoms with Crippen molar-refractivity contribution >= 4 is 11.9 Å². The van der Waals surface area contributed by atoms with Crippen LogP contribution >= 0.6 is 0 Å². The summed E-state index contributed by atoms with van der Waals surface area (Å²) < 4.78 is 10.1. The number of aromatic carboxylic acids is 1. The molecular formula is C11H15NO5. The molecule has 0 aliphatic heterocycles. The van der Waals surface area contributed by atoms with Gasteiger partial charge in [-0.15, -0.1) is 0 Å². The highest BCUT2D eigenvalue weighted by atomic mass is 16.5. The number of furan rings is 1. The van der Waals surface area contributed by atoms with Crippen LogP contribution in [0.1, 0.15) is 35.0 Å². The van der Waals surface area contributed by atoms with Gasteiger partial charge in [-0.05, 0) is 26.0 Å². The molecule has 0 aromatic carbocycles. The Bertz CT molecular complexity index is 398. The minimum absolute atomic E-state index is 0.0221. The minimum atomic E-state index is -1.20. The molecule has 1 atom stereocenters. The van der Waals surface area contributed by atoms with Crippen LogP contribution in [0, 0.1) is 0 Å². The number of carboxylic acids is 1. The lowest BCUT2D eigenvalue weighted by Gasteiger charge is -2.11.